The van der Waals surface area contributed by atoms with E-state index in [1.54, 1.807) is 6.26 Å². The summed E-state index contributed by atoms with van der Waals surface area (Å²) in [6.45, 7) is 2.55. The Hall–Kier alpha value is -1.20. The third-order valence-corrected chi connectivity index (χ3v) is 5.68. The Morgan fingerprint density at radius 2 is 2.00 bits per heavy atom. The lowest BCUT2D eigenvalue weighted by Crippen LogP contribution is -2.36. The summed E-state index contributed by atoms with van der Waals surface area (Å²) in [5.41, 5.74) is 8.79. The molecule has 1 aliphatic carbocycles. The minimum Gasteiger partial charge on any atom is -0.330 e. The van der Waals surface area contributed by atoms with Crippen molar-refractivity contribution in [3.8, 4) is 0 Å². The number of hydrogen-bond donors (Lipinski definition) is 2. The van der Waals surface area contributed by atoms with Crippen molar-refractivity contribution in [2.24, 2.45) is 11.1 Å². The molecule has 1 unspecified atom stereocenters. The molecule has 1 aromatic carbocycles. The van der Waals surface area contributed by atoms with Crippen LogP contribution in [0.5, 0.6) is 0 Å². The average molecular weight is 337 g/mol. The molecule has 1 aromatic rings. The largest absolute Gasteiger partial charge is 0.330 e. The molecular weight excluding hydrogens is 308 g/mol. The fourth-order valence-corrected chi connectivity index (χ4v) is 4.23. The van der Waals surface area contributed by atoms with E-state index < -0.39 is 10.8 Å². The Balaban J connectivity index is 2.06. The van der Waals surface area contributed by atoms with Gasteiger partial charge in [-0.1, -0.05) is 31.4 Å². The molecule has 1 fully saturated rings. The monoisotopic (exact) mass is 336 g/mol. The fraction of sp³-hybridized carbons (Fsp3) is 0.611. The predicted octanol–water partition coefficient (Wildman–Crippen LogP) is 3.11. The second kappa shape index (κ2) is 8.06. The number of hydrogen-bond acceptors (Lipinski definition) is 3. The van der Waals surface area contributed by atoms with E-state index in [0.29, 0.717) is 18.7 Å². The molecule has 0 aromatic heterocycles. The molecule has 0 spiro atoms. The Kier molecular flexibility index (Phi) is 6.36. The molecule has 1 atom stereocenters. The van der Waals surface area contributed by atoms with Crippen molar-refractivity contribution in [1.82, 2.24) is 0 Å². The maximum Gasteiger partial charge on any atom is 0.224 e. The van der Waals surface area contributed by atoms with Gasteiger partial charge in [0.15, 0.2) is 0 Å². The highest BCUT2D eigenvalue weighted by atomic mass is 32.2. The number of anilines is 1. The zero-order valence-electron chi connectivity index (χ0n) is 14.2. The van der Waals surface area contributed by atoms with Crippen LogP contribution in [-0.2, 0) is 21.3 Å². The number of carbonyl (C=O) groups excluding carboxylic acids is 1. The molecule has 1 aliphatic rings. The molecule has 0 radical (unpaired) electrons. The van der Waals surface area contributed by atoms with E-state index in [4.69, 9.17) is 5.73 Å². The highest BCUT2D eigenvalue weighted by Gasteiger charge is 2.33. The van der Waals surface area contributed by atoms with E-state index in [0.717, 1.165) is 29.7 Å². The van der Waals surface area contributed by atoms with Gasteiger partial charge in [-0.3, -0.25) is 9.00 Å². The van der Waals surface area contributed by atoms with Crippen molar-refractivity contribution in [3.05, 3.63) is 29.3 Å². The summed E-state index contributed by atoms with van der Waals surface area (Å²) < 4.78 is 11.5. The van der Waals surface area contributed by atoms with Gasteiger partial charge < -0.3 is 11.1 Å². The number of nitrogens with two attached hydrogens (primary N) is 1. The van der Waals surface area contributed by atoms with E-state index >= 15 is 0 Å². The summed E-state index contributed by atoms with van der Waals surface area (Å²) in [5, 5.41) is 3.04. The third-order valence-electron chi connectivity index (χ3n) is 4.96. The summed E-state index contributed by atoms with van der Waals surface area (Å²) >= 11 is 0. The average Bonchev–Trinajstić information content (AvgIpc) is 2.51. The Morgan fingerprint density at radius 3 is 2.61 bits per heavy atom. The van der Waals surface area contributed by atoms with Crippen LogP contribution in [0.15, 0.2) is 18.2 Å². The first-order valence-electron chi connectivity index (χ1n) is 8.34. The molecule has 5 heteroatoms. The quantitative estimate of drug-likeness (QED) is 0.838. The normalized spacial score (nSPS) is 18.4. The summed E-state index contributed by atoms with van der Waals surface area (Å²) in [5.74, 6) is 0.553. The van der Waals surface area contributed by atoms with Gasteiger partial charge in [0, 0.05) is 34.9 Å². The first-order chi connectivity index (χ1) is 11.0. The molecule has 0 saturated heterocycles. The molecular formula is C18H28N2O2S. The molecule has 128 valence electrons. The molecule has 4 nitrogen and oxygen atoms in total. The van der Waals surface area contributed by atoms with Crippen LogP contribution in [-0.4, -0.2) is 22.9 Å². The van der Waals surface area contributed by atoms with Crippen molar-refractivity contribution in [2.75, 3.05) is 18.1 Å². The van der Waals surface area contributed by atoms with Crippen LogP contribution >= 0.6 is 0 Å². The highest BCUT2D eigenvalue weighted by molar-refractivity contribution is 7.83. The van der Waals surface area contributed by atoms with Gasteiger partial charge in [-0.05, 0) is 48.9 Å². The molecule has 0 heterocycles. The van der Waals surface area contributed by atoms with Crippen LogP contribution in [0.3, 0.4) is 0 Å². The first-order valence-corrected chi connectivity index (χ1v) is 10.1. The molecule has 1 saturated carbocycles. The topological polar surface area (TPSA) is 72.2 Å². The molecule has 23 heavy (non-hydrogen) atoms. The SMILES string of the molecule is Cc1c(CS(C)=O)cccc1NC(=O)CC1(CN)CCCCC1. The number of carbonyl (C=O) groups is 1. The maximum absolute atomic E-state index is 12.5. The van der Waals surface area contributed by atoms with Crippen LogP contribution in [0.4, 0.5) is 5.69 Å². The molecule has 0 aliphatic heterocycles. The van der Waals surface area contributed by atoms with Gasteiger partial charge in [0.1, 0.15) is 0 Å². The lowest BCUT2D eigenvalue weighted by atomic mass is 9.71. The second-order valence-corrected chi connectivity index (χ2v) is 8.23. The van der Waals surface area contributed by atoms with E-state index in [2.05, 4.69) is 5.32 Å². The van der Waals surface area contributed by atoms with Crippen molar-refractivity contribution in [1.29, 1.82) is 0 Å². The Bertz CT molecular complexity index is 580. The van der Waals surface area contributed by atoms with E-state index in [9.17, 15) is 9.00 Å². The van der Waals surface area contributed by atoms with E-state index in [1.807, 2.05) is 25.1 Å². The standard InChI is InChI=1S/C18H28N2O2S/c1-14-15(12-23(2)22)7-6-8-16(14)20-17(21)11-18(13-19)9-4-3-5-10-18/h6-8H,3-5,9-13,19H2,1-2H3,(H,20,21). The minimum atomic E-state index is -0.891. The number of benzene rings is 1. The first kappa shape index (κ1) is 18.1. The van der Waals surface area contributed by atoms with Crippen molar-refractivity contribution < 1.29 is 9.00 Å². The smallest absolute Gasteiger partial charge is 0.224 e. The zero-order valence-corrected chi connectivity index (χ0v) is 15.0. The predicted molar refractivity (Wildman–Crippen MR) is 96.8 cm³/mol. The van der Waals surface area contributed by atoms with E-state index in [1.165, 1.54) is 19.3 Å². The fourth-order valence-electron chi connectivity index (χ4n) is 3.48. The van der Waals surface area contributed by atoms with Gasteiger partial charge in [-0.25, -0.2) is 0 Å². The van der Waals surface area contributed by atoms with Gasteiger partial charge in [0.25, 0.3) is 0 Å². The van der Waals surface area contributed by atoms with Crippen molar-refractivity contribution in [2.45, 2.75) is 51.2 Å². The molecule has 1 amide bonds. The number of rotatable bonds is 6. The van der Waals surface area contributed by atoms with Crippen LogP contribution in [0.1, 0.15) is 49.7 Å². The highest BCUT2D eigenvalue weighted by Crippen LogP contribution is 2.38. The van der Waals surface area contributed by atoms with Crippen LogP contribution in [0.2, 0.25) is 0 Å². The number of nitrogens with one attached hydrogen (secondary N) is 1. The lowest BCUT2D eigenvalue weighted by molar-refractivity contribution is -0.118. The number of amides is 1. The van der Waals surface area contributed by atoms with Gasteiger partial charge in [0.2, 0.25) is 5.91 Å². The molecule has 3 N–H and O–H groups in total. The van der Waals surface area contributed by atoms with E-state index in [-0.39, 0.29) is 11.3 Å². The molecule has 2 rings (SSSR count). The third kappa shape index (κ3) is 4.88. The van der Waals surface area contributed by atoms with Crippen molar-refractivity contribution >= 4 is 22.4 Å². The Labute approximate surface area is 141 Å². The minimum absolute atomic E-state index is 0.0290. The van der Waals surface area contributed by atoms with Crippen LogP contribution < -0.4 is 11.1 Å². The van der Waals surface area contributed by atoms with Crippen molar-refractivity contribution in [3.63, 3.8) is 0 Å². The zero-order chi connectivity index (χ0) is 16.9. The second-order valence-electron chi connectivity index (χ2n) is 6.80. The van der Waals surface area contributed by atoms with Gasteiger partial charge in [-0.15, -0.1) is 0 Å². The molecule has 0 bridgehead atoms. The lowest BCUT2D eigenvalue weighted by Gasteiger charge is -2.35. The van der Waals surface area contributed by atoms with Gasteiger partial charge in [-0.2, -0.15) is 0 Å². The summed E-state index contributed by atoms with van der Waals surface area (Å²) in [6, 6.07) is 5.78. The summed E-state index contributed by atoms with van der Waals surface area (Å²) in [7, 11) is -0.891. The Morgan fingerprint density at radius 1 is 1.30 bits per heavy atom. The maximum atomic E-state index is 12.5. The van der Waals surface area contributed by atoms with Gasteiger partial charge >= 0.3 is 0 Å². The summed E-state index contributed by atoms with van der Waals surface area (Å²) in [4.78, 5) is 12.5. The van der Waals surface area contributed by atoms with Crippen LogP contribution in [0, 0.1) is 12.3 Å². The van der Waals surface area contributed by atoms with Crippen LogP contribution in [0.25, 0.3) is 0 Å². The summed E-state index contributed by atoms with van der Waals surface area (Å²) in [6.07, 6.45) is 7.86. The van der Waals surface area contributed by atoms with Gasteiger partial charge in [0.05, 0.1) is 0 Å².